The van der Waals surface area contributed by atoms with Crippen molar-refractivity contribution in [3.63, 3.8) is 0 Å². The van der Waals surface area contributed by atoms with Crippen LogP contribution in [0.1, 0.15) is 335 Å². The van der Waals surface area contributed by atoms with Gasteiger partial charge >= 0.3 is 5.97 Å². The van der Waals surface area contributed by atoms with Crippen LogP contribution in [-0.2, 0) is 14.3 Å². The Morgan fingerprint density at radius 2 is 0.694 bits per heavy atom. The van der Waals surface area contributed by atoms with Crippen molar-refractivity contribution in [2.24, 2.45) is 0 Å². The molecule has 0 aliphatic heterocycles. The lowest BCUT2D eigenvalue weighted by molar-refractivity contribution is -0.143. The first-order valence-corrected chi connectivity index (χ1v) is 31.9. The van der Waals surface area contributed by atoms with Crippen LogP contribution in [-0.4, -0.2) is 47.4 Å². The molecule has 0 spiro atoms. The van der Waals surface area contributed by atoms with Crippen LogP contribution in [0.3, 0.4) is 0 Å². The van der Waals surface area contributed by atoms with Crippen molar-refractivity contribution in [3.05, 3.63) is 48.6 Å². The van der Waals surface area contributed by atoms with E-state index in [-0.39, 0.29) is 18.5 Å². The highest BCUT2D eigenvalue weighted by Gasteiger charge is 2.20. The van der Waals surface area contributed by atoms with Crippen LogP contribution in [0.4, 0.5) is 0 Å². The number of aliphatic hydroxyl groups excluding tert-OH is 2. The van der Waals surface area contributed by atoms with Gasteiger partial charge in [-0.25, -0.2) is 0 Å². The second kappa shape index (κ2) is 61.4. The van der Waals surface area contributed by atoms with Crippen molar-refractivity contribution >= 4 is 11.9 Å². The first-order chi connectivity index (χ1) is 35.5. The number of aliphatic hydroxyl groups is 2. The van der Waals surface area contributed by atoms with E-state index in [9.17, 15) is 19.8 Å². The quantitative estimate of drug-likeness (QED) is 0.0320. The Kier molecular flexibility index (Phi) is 59.5. The van der Waals surface area contributed by atoms with E-state index in [1.54, 1.807) is 0 Å². The predicted octanol–water partition coefficient (Wildman–Crippen LogP) is 20.1. The van der Waals surface area contributed by atoms with Gasteiger partial charge in [0, 0.05) is 12.8 Å². The summed E-state index contributed by atoms with van der Waals surface area (Å²) < 4.78 is 5.47. The first kappa shape index (κ1) is 69.8. The molecule has 2 atom stereocenters. The molecule has 0 heterocycles. The molecule has 1 amide bonds. The topological polar surface area (TPSA) is 95.9 Å². The number of allylic oxidation sites excluding steroid dienone is 8. The summed E-state index contributed by atoms with van der Waals surface area (Å²) in [6.45, 7) is 4.92. The Hall–Kier alpha value is -2.18. The number of carbonyl (C=O) groups excluding carboxylic acids is 2. The molecule has 2 unspecified atom stereocenters. The van der Waals surface area contributed by atoms with Crippen LogP contribution >= 0.6 is 0 Å². The minimum atomic E-state index is -0.672. The summed E-state index contributed by atoms with van der Waals surface area (Å²) in [5, 5.41) is 23.3. The normalized spacial score (nSPS) is 12.9. The summed E-state index contributed by atoms with van der Waals surface area (Å²) in [5.74, 6) is -0.0511. The Bertz CT molecular complexity index is 1210. The standard InChI is InChI=1S/C66H123NO5/c1-3-5-7-9-11-13-15-17-19-27-31-34-38-42-46-50-54-58-64(69)63(62-68)67-65(70)59-55-51-47-43-39-35-32-28-25-23-21-20-22-24-26-29-33-37-41-45-49-53-57-61-72-66(71)60-56-52-48-44-40-36-30-18-16-14-12-10-8-6-4-2/h12,14,18,20,22-23,25,30,63-64,68-69H,3-11,13,15-17,19,21,24,26-29,31-62H2,1-2H3,(H,67,70)/b14-12-,22-20-,25-23-,30-18-. The monoisotopic (exact) mass is 1010 g/mol. The van der Waals surface area contributed by atoms with Crippen LogP contribution in [0.15, 0.2) is 48.6 Å². The molecular weight excluding hydrogens is 887 g/mol. The molecule has 0 bridgehead atoms. The fourth-order valence-corrected chi connectivity index (χ4v) is 9.70. The molecule has 6 nitrogen and oxygen atoms in total. The summed E-state index contributed by atoms with van der Waals surface area (Å²) in [6.07, 6.45) is 78.3. The molecule has 422 valence electrons. The van der Waals surface area contributed by atoms with E-state index < -0.39 is 12.1 Å². The van der Waals surface area contributed by atoms with Gasteiger partial charge in [0.1, 0.15) is 0 Å². The Morgan fingerprint density at radius 1 is 0.389 bits per heavy atom. The Balaban J connectivity index is 3.46. The minimum absolute atomic E-state index is 0.00706. The second-order valence-corrected chi connectivity index (χ2v) is 21.7. The number of esters is 1. The van der Waals surface area contributed by atoms with Crippen molar-refractivity contribution in [2.45, 2.75) is 347 Å². The highest BCUT2D eigenvalue weighted by molar-refractivity contribution is 5.76. The average Bonchev–Trinajstić information content (AvgIpc) is 3.38. The van der Waals surface area contributed by atoms with Crippen molar-refractivity contribution in [1.82, 2.24) is 5.32 Å². The lowest BCUT2D eigenvalue weighted by Crippen LogP contribution is -2.45. The zero-order chi connectivity index (χ0) is 52.2. The molecule has 72 heavy (non-hydrogen) atoms. The van der Waals surface area contributed by atoms with Gasteiger partial charge < -0.3 is 20.3 Å². The van der Waals surface area contributed by atoms with E-state index >= 15 is 0 Å². The molecule has 3 N–H and O–H groups in total. The fraction of sp³-hybridized carbons (Fsp3) is 0.848. The maximum absolute atomic E-state index is 12.5. The lowest BCUT2D eigenvalue weighted by Gasteiger charge is -2.22. The molecule has 0 saturated carbocycles. The summed E-state index contributed by atoms with van der Waals surface area (Å²) in [6, 6.07) is -0.550. The second-order valence-electron chi connectivity index (χ2n) is 21.7. The van der Waals surface area contributed by atoms with Gasteiger partial charge in [-0.15, -0.1) is 0 Å². The summed E-state index contributed by atoms with van der Waals surface area (Å²) in [5.41, 5.74) is 0. The molecule has 0 aromatic rings. The maximum atomic E-state index is 12.5. The van der Waals surface area contributed by atoms with Gasteiger partial charge in [-0.05, 0) is 89.9 Å². The SMILES string of the molecule is CCCCC/C=C\C/C=C\CCCCCCCC(=O)OCCCCCCCCCCC/C=C\C/C=C\CCCCCCCCCC(=O)NC(CO)C(O)CCCCCCCCCCCCCCCCCCC. The minimum Gasteiger partial charge on any atom is -0.466 e. The average molecular weight is 1010 g/mol. The molecule has 0 fully saturated rings. The molecule has 6 heteroatoms. The molecule has 0 rings (SSSR count). The van der Waals surface area contributed by atoms with Gasteiger partial charge in [0.05, 0.1) is 25.4 Å². The van der Waals surface area contributed by atoms with E-state index in [4.69, 9.17) is 4.74 Å². The fourth-order valence-electron chi connectivity index (χ4n) is 9.70. The van der Waals surface area contributed by atoms with E-state index in [2.05, 4.69) is 67.8 Å². The molecule has 0 aliphatic rings. The van der Waals surface area contributed by atoms with Crippen molar-refractivity contribution in [2.75, 3.05) is 13.2 Å². The molecule has 0 aromatic carbocycles. The number of ether oxygens (including phenoxy) is 1. The Morgan fingerprint density at radius 3 is 1.08 bits per heavy atom. The van der Waals surface area contributed by atoms with Crippen LogP contribution in [0.25, 0.3) is 0 Å². The van der Waals surface area contributed by atoms with Crippen LogP contribution in [0, 0.1) is 0 Å². The third kappa shape index (κ3) is 57.1. The summed E-state index contributed by atoms with van der Waals surface area (Å²) in [4.78, 5) is 24.6. The van der Waals surface area contributed by atoms with Crippen LogP contribution < -0.4 is 5.32 Å². The van der Waals surface area contributed by atoms with Gasteiger partial charge in [0.15, 0.2) is 0 Å². The number of rotatable bonds is 59. The highest BCUT2D eigenvalue weighted by Crippen LogP contribution is 2.17. The van der Waals surface area contributed by atoms with Gasteiger partial charge in [0.25, 0.3) is 0 Å². The number of unbranched alkanes of at least 4 members (excludes halogenated alkanes) is 40. The zero-order valence-corrected chi connectivity index (χ0v) is 48.2. The summed E-state index contributed by atoms with van der Waals surface area (Å²) in [7, 11) is 0. The number of amides is 1. The van der Waals surface area contributed by atoms with Gasteiger partial charge in [-0.3, -0.25) is 9.59 Å². The van der Waals surface area contributed by atoms with Crippen molar-refractivity contribution in [3.8, 4) is 0 Å². The number of carbonyl (C=O) groups is 2. The molecule has 0 aliphatic carbocycles. The van der Waals surface area contributed by atoms with Gasteiger partial charge in [0.2, 0.25) is 5.91 Å². The van der Waals surface area contributed by atoms with Crippen molar-refractivity contribution in [1.29, 1.82) is 0 Å². The number of hydrogen-bond acceptors (Lipinski definition) is 5. The molecule has 0 aromatic heterocycles. The zero-order valence-electron chi connectivity index (χ0n) is 48.2. The maximum Gasteiger partial charge on any atom is 0.305 e. The molecular formula is C66H123NO5. The smallest absolute Gasteiger partial charge is 0.305 e. The van der Waals surface area contributed by atoms with Gasteiger partial charge in [-0.1, -0.05) is 281 Å². The Labute approximate surface area is 448 Å². The largest absolute Gasteiger partial charge is 0.466 e. The van der Waals surface area contributed by atoms with Crippen LogP contribution in [0.2, 0.25) is 0 Å². The van der Waals surface area contributed by atoms with Gasteiger partial charge in [-0.2, -0.15) is 0 Å². The molecule has 0 saturated heterocycles. The van der Waals surface area contributed by atoms with E-state index in [0.717, 1.165) is 70.6 Å². The van der Waals surface area contributed by atoms with E-state index in [1.807, 2.05) is 0 Å². The lowest BCUT2D eigenvalue weighted by atomic mass is 10.0. The number of hydrogen-bond donors (Lipinski definition) is 3. The predicted molar refractivity (Wildman–Crippen MR) is 315 cm³/mol. The first-order valence-electron chi connectivity index (χ1n) is 31.9. The highest BCUT2D eigenvalue weighted by atomic mass is 16.5. The third-order valence-electron chi connectivity index (χ3n) is 14.6. The summed E-state index contributed by atoms with van der Waals surface area (Å²) >= 11 is 0. The molecule has 0 radical (unpaired) electrons. The number of nitrogens with one attached hydrogen (secondary N) is 1. The van der Waals surface area contributed by atoms with Crippen LogP contribution in [0.5, 0.6) is 0 Å². The van der Waals surface area contributed by atoms with E-state index in [1.165, 1.54) is 231 Å². The van der Waals surface area contributed by atoms with E-state index in [0.29, 0.717) is 25.9 Å². The van der Waals surface area contributed by atoms with Crippen molar-refractivity contribution < 1.29 is 24.5 Å². The third-order valence-corrected chi connectivity index (χ3v) is 14.6.